The van der Waals surface area contributed by atoms with Gasteiger partial charge in [-0.3, -0.25) is 9.59 Å². The Labute approximate surface area is 158 Å². The Hall–Kier alpha value is -2.22. The van der Waals surface area contributed by atoms with Gasteiger partial charge in [0.2, 0.25) is 5.91 Å². The first kappa shape index (κ1) is 21.8. The summed E-state index contributed by atoms with van der Waals surface area (Å²) in [6, 6.07) is 6.20. The van der Waals surface area contributed by atoms with Gasteiger partial charge >= 0.3 is 5.97 Å². The minimum atomic E-state index is -0.633. The van der Waals surface area contributed by atoms with Crippen molar-refractivity contribution in [3.63, 3.8) is 0 Å². The van der Waals surface area contributed by atoms with Crippen LogP contribution in [0.4, 0.5) is 0 Å². The van der Waals surface area contributed by atoms with Crippen LogP contribution in [0.25, 0.3) is 0 Å². The predicted octanol–water partition coefficient (Wildman–Crippen LogP) is 1.62. The topological polar surface area (TPSA) is 93.7 Å². The molecule has 0 aromatic heterocycles. The van der Waals surface area contributed by atoms with Gasteiger partial charge in [-0.1, -0.05) is 6.07 Å². The quantitative estimate of drug-likeness (QED) is 0.446. The summed E-state index contributed by atoms with van der Waals surface area (Å²) in [4.78, 5) is 35.7. The van der Waals surface area contributed by atoms with Gasteiger partial charge in [-0.2, -0.15) is 11.8 Å². The van der Waals surface area contributed by atoms with Crippen LogP contribution in [0.1, 0.15) is 29.6 Å². The van der Waals surface area contributed by atoms with E-state index >= 15 is 0 Å². The molecular formula is C18H26N2O5S. The molecule has 1 rings (SSSR count). The highest BCUT2D eigenvalue weighted by molar-refractivity contribution is 7.98. The lowest BCUT2D eigenvalue weighted by Gasteiger charge is -2.16. The first-order valence-electron chi connectivity index (χ1n) is 8.30. The second-order valence-corrected chi connectivity index (χ2v) is 6.50. The molecule has 0 bridgehead atoms. The van der Waals surface area contributed by atoms with E-state index in [1.54, 1.807) is 36.0 Å². The Morgan fingerprint density at radius 3 is 2.65 bits per heavy atom. The van der Waals surface area contributed by atoms with E-state index in [-0.39, 0.29) is 18.2 Å². The van der Waals surface area contributed by atoms with Crippen molar-refractivity contribution in [1.82, 2.24) is 10.6 Å². The molecule has 2 amide bonds. The number of ether oxygens (including phenoxy) is 2. The summed E-state index contributed by atoms with van der Waals surface area (Å²) in [6.45, 7) is 0.358. The number of hydrogen-bond donors (Lipinski definition) is 2. The summed E-state index contributed by atoms with van der Waals surface area (Å²) in [5, 5.41) is 5.44. The van der Waals surface area contributed by atoms with Crippen molar-refractivity contribution in [2.24, 2.45) is 0 Å². The van der Waals surface area contributed by atoms with Crippen molar-refractivity contribution in [3.05, 3.63) is 29.8 Å². The number of carbonyl (C=O) groups is 3. The minimum absolute atomic E-state index is 0.213. The normalized spacial score (nSPS) is 11.3. The molecule has 26 heavy (non-hydrogen) atoms. The van der Waals surface area contributed by atoms with Gasteiger partial charge in [-0.15, -0.1) is 0 Å². The monoisotopic (exact) mass is 382 g/mol. The highest BCUT2D eigenvalue weighted by Crippen LogP contribution is 2.12. The summed E-state index contributed by atoms with van der Waals surface area (Å²) in [5.41, 5.74) is 0.497. The van der Waals surface area contributed by atoms with E-state index in [1.807, 2.05) is 6.26 Å². The van der Waals surface area contributed by atoms with Gasteiger partial charge in [0.05, 0.1) is 14.2 Å². The van der Waals surface area contributed by atoms with E-state index in [9.17, 15) is 14.4 Å². The number of methoxy groups -OCH3 is 2. The van der Waals surface area contributed by atoms with Gasteiger partial charge in [-0.25, -0.2) is 4.79 Å². The van der Waals surface area contributed by atoms with Crippen LogP contribution in [-0.4, -0.2) is 56.6 Å². The Morgan fingerprint density at radius 1 is 1.23 bits per heavy atom. The first-order valence-corrected chi connectivity index (χ1v) is 9.69. The van der Waals surface area contributed by atoms with Crippen LogP contribution in [0.15, 0.2) is 24.3 Å². The molecule has 0 saturated carbocycles. The SMILES string of the molecule is COC(=O)[C@@H](CCSC)NC(=O)CCCNC(=O)c1cccc(OC)c1. The third kappa shape index (κ3) is 7.77. The molecule has 0 saturated heterocycles. The van der Waals surface area contributed by atoms with E-state index in [0.29, 0.717) is 30.7 Å². The average molecular weight is 382 g/mol. The van der Waals surface area contributed by atoms with Crippen molar-refractivity contribution in [3.8, 4) is 5.75 Å². The van der Waals surface area contributed by atoms with Gasteiger partial charge < -0.3 is 20.1 Å². The van der Waals surface area contributed by atoms with Crippen LogP contribution in [0, 0.1) is 0 Å². The molecule has 144 valence electrons. The maximum absolute atomic E-state index is 12.1. The zero-order valence-electron chi connectivity index (χ0n) is 15.4. The smallest absolute Gasteiger partial charge is 0.328 e. The zero-order valence-corrected chi connectivity index (χ0v) is 16.2. The molecule has 2 N–H and O–H groups in total. The van der Waals surface area contributed by atoms with Crippen LogP contribution in [-0.2, 0) is 14.3 Å². The maximum atomic E-state index is 12.1. The minimum Gasteiger partial charge on any atom is -0.497 e. The Morgan fingerprint density at radius 2 is 2.00 bits per heavy atom. The van der Waals surface area contributed by atoms with Crippen LogP contribution in [0.3, 0.4) is 0 Å². The number of nitrogens with one attached hydrogen (secondary N) is 2. The molecule has 0 aliphatic carbocycles. The molecule has 1 atom stereocenters. The fourth-order valence-corrected chi connectivity index (χ4v) is 2.68. The number of thioether (sulfide) groups is 1. The molecule has 0 heterocycles. The Kier molecular flexibility index (Phi) is 10.2. The Balaban J connectivity index is 2.35. The molecule has 0 aliphatic heterocycles. The highest BCUT2D eigenvalue weighted by Gasteiger charge is 2.20. The van der Waals surface area contributed by atoms with Crippen molar-refractivity contribution in [1.29, 1.82) is 0 Å². The Bertz CT molecular complexity index is 609. The lowest BCUT2D eigenvalue weighted by molar-refractivity contribution is -0.145. The summed E-state index contributed by atoms with van der Waals surface area (Å²) in [5.74, 6) is 0.445. The summed E-state index contributed by atoms with van der Waals surface area (Å²) < 4.78 is 9.79. The second kappa shape index (κ2) is 12.2. The molecular weight excluding hydrogens is 356 g/mol. The molecule has 1 aromatic carbocycles. The number of carbonyl (C=O) groups excluding carboxylic acids is 3. The van der Waals surface area contributed by atoms with Crippen LogP contribution >= 0.6 is 11.8 Å². The molecule has 1 aromatic rings. The standard InChI is InChI=1S/C18H26N2O5S/c1-24-14-7-4-6-13(12-14)17(22)19-10-5-8-16(21)20-15(9-11-26-3)18(23)25-2/h4,6-7,12,15H,5,8-11H2,1-3H3,(H,19,22)(H,20,21)/t15-/m1/s1. The molecule has 0 spiro atoms. The summed E-state index contributed by atoms with van der Waals surface area (Å²) in [7, 11) is 2.84. The summed E-state index contributed by atoms with van der Waals surface area (Å²) in [6.07, 6.45) is 3.14. The van der Waals surface area contributed by atoms with Crippen LogP contribution in [0.5, 0.6) is 5.75 Å². The fraction of sp³-hybridized carbons (Fsp3) is 0.500. The van der Waals surface area contributed by atoms with Crippen molar-refractivity contribution >= 4 is 29.5 Å². The van der Waals surface area contributed by atoms with Gasteiger partial charge in [0.25, 0.3) is 5.91 Å². The average Bonchev–Trinajstić information content (AvgIpc) is 2.67. The van der Waals surface area contributed by atoms with E-state index in [2.05, 4.69) is 10.6 Å². The molecule has 0 unspecified atom stereocenters. The molecule has 0 radical (unpaired) electrons. The van der Waals surface area contributed by atoms with Gasteiger partial charge in [-0.05, 0) is 43.0 Å². The number of esters is 1. The second-order valence-electron chi connectivity index (χ2n) is 5.52. The maximum Gasteiger partial charge on any atom is 0.328 e. The van der Waals surface area contributed by atoms with Crippen molar-refractivity contribution in [2.45, 2.75) is 25.3 Å². The molecule has 0 fully saturated rings. The van der Waals surface area contributed by atoms with Crippen molar-refractivity contribution in [2.75, 3.05) is 32.8 Å². The van der Waals surface area contributed by atoms with E-state index in [1.165, 1.54) is 14.2 Å². The van der Waals surface area contributed by atoms with E-state index < -0.39 is 12.0 Å². The van der Waals surface area contributed by atoms with Crippen LogP contribution < -0.4 is 15.4 Å². The molecule has 0 aliphatic rings. The lowest BCUT2D eigenvalue weighted by Crippen LogP contribution is -2.42. The van der Waals surface area contributed by atoms with Gasteiger partial charge in [0.1, 0.15) is 11.8 Å². The first-order chi connectivity index (χ1) is 12.5. The fourth-order valence-electron chi connectivity index (χ4n) is 2.21. The summed E-state index contributed by atoms with van der Waals surface area (Å²) >= 11 is 1.59. The number of amides is 2. The largest absolute Gasteiger partial charge is 0.497 e. The predicted molar refractivity (Wildman–Crippen MR) is 102 cm³/mol. The van der Waals surface area contributed by atoms with Gasteiger partial charge in [0, 0.05) is 18.5 Å². The third-order valence-corrected chi connectivity index (χ3v) is 4.27. The van der Waals surface area contributed by atoms with Crippen molar-refractivity contribution < 1.29 is 23.9 Å². The molecule has 8 heteroatoms. The number of rotatable bonds is 11. The van der Waals surface area contributed by atoms with E-state index in [0.717, 1.165) is 5.75 Å². The zero-order chi connectivity index (χ0) is 19.4. The third-order valence-electron chi connectivity index (χ3n) is 3.63. The number of benzene rings is 1. The van der Waals surface area contributed by atoms with Crippen LogP contribution in [0.2, 0.25) is 0 Å². The molecule has 7 nitrogen and oxygen atoms in total. The lowest BCUT2D eigenvalue weighted by atomic mass is 10.2. The van der Waals surface area contributed by atoms with Gasteiger partial charge in [0.15, 0.2) is 0 Å². The highest BCUT2D eigenvalue weighted by atomic mass is 32.2. The number of hydrogen-bond acceptors (Lipinski definition) is 6. The van der Waals surface area contributed by atoms with E-state index in [4.69, 9.17) is 9.47 Å².